The maximum Gasteiger partial charge on any atom is 0.344 e. The quantitative estimate of drug-likeness (QED) is 0.492. The largest absolute Gasteiger partial charge is 0.479 e. The Labute approximate surface area is 180 Å². The molecule has 1 amide bonds. The number of hydrogen-bond acceptors (Lipinski definition) is 5. The predicted molar refractivity (Wildman–Crippen MR) is 116 cm³/mol. The van der Waals surface area contributed by atoms with E-state index in [2.05, 4.69) is 0 Å². The van der Waals surface area contributed by atoms with Gasteiger partial charge in [-0.25, -0.2) is 4.79 Å². The number of carbonyl (C=O) groups excluding carboxylic acids is 1. The number of benzene rings is 2. The molecule has 1 atom stereocenters. The first kappa shape index (κ1) is 20.7. The summed E-state index contributed by atoms with van der Waals surface area (Å²) in [5.41, 5.74) is 1.22. The first-order valence-corrected chi connectivity index (χ1v) is 9.97. The van der Waals surface area contributed by atoms with Gasteiger partial charge in [-0.15, -0.1) is 0 Å². The number of amides is 1. The molecule has 0 spiro atoms. The summed E-state index contributed by atoms with van der Waals surface area (Å²) in [5, 5.41) is 9.67. The van der Waals surface area contributed by atoms with Crippen LogP contribution in [0.1, 0.15) is 12.5 Å². The molecule has 1 aliphatic heterocycles. The van der Waals surface area contributed by atoms with Gasteiger partial charge in [-0.2, -0.15) is 0 Å². The molecule has 144 valence electrons. The monoisotopic (exact) mass is 453 g/mol. The molecular formula is C19H13Cl2NO4S2. The molecule has 5 nitrogen and oxygen atoms in total. The molecule has 1 N–H and O–H groups in total. The number of rotatable bonds is 5. The first-order valence-electron chi connectivity index (χ1n) is 7.99. The molecule has 1 fully saturated rings. The minimum Gasteiger partial charge on any atom is -0.479 e. The number of thiocarbonyl (C=S) groups is 1. The molecule has 1 saturated heterocycles. The van der Waals surface area contributed by atoms with Crippen LogP contribution in [0, 0.1) is 0 Å². The Morgan fingerprint density at radius 3 is 2.68 bits per heavy atom. The van der Waals surface area contributed by atoms with E-state index in [1.54, 1.807) is 48.5 Å². The van der Waals surface area contributed by atoms with Crippen molar-refractivity contribution in [3.63, 3.8) is 0 Å². The molecule has 0 bridgehead atoms. The minimum atomic E-state index is -1.06. The predicted octanol–water partition coefficient (Wildman–Crippen LogP) is 5.25. The Morgan fingerprint density at radius 2 is 2.00 bits per heavy atom. The molecule has 3 rings (SSSR count). The molecule has 9 heteroatoms. The lowest BCUT2D eigenvalue weighted by atomic mass is 10.2. The van der Waals surface area contributed by atoms with Gasteiger partial charge in [0.05, 0.1) is 20.6 Å². The summed E-state index contributed by atoms with van der Waals surface area (Å²) in [6.07, 6.45) is 0.692. The zero-order chi connectivity index (χ0) is 20.4. The third kappa shape index (κ3) is 4.50. The van der Waals surface area contributed by atoms with Crippen molar-refractivity contribution in [2.75, 3.05) is 4.90 Å². The average Bonchev–Trinajstić information content (AvgIpc) is 2.91. The topological polar surface area (TPSA) is 66.8 Å². The van der Waals surface area contributed by atoms with Gasteiger partial charge < -0.3 is 9.84 Å². The lowest BCUT2D eigenvalue weighted by molar-refractivity contribution is -0.144. The number of anilines is 1. The standard InChI is InChI=1S/C19H13Cl2NO4S2/c1-10(18(24)25)26-13-4-2-3-11(7-13)8-16-17(23)22(19(27)28-16)12-5-6-14(20)15(21)9-12/h2-10H,1H3,(H,24,25)/b16-8+. The van der Waals surface area contributed by atoms with E-state index in [1.165, 1.54) is 11.8 Å². The number of nitrogens with zero attached hydrogens (tertiary/aromatic N) is 1. The van der Waals surface area contributed by atoms with Gasteiger partial charge in [0.1, 0.15) is 5.75 Å². The van der Waals surface area contributed by atoms with Crippen molar-refractivity contribution in [1.29, 1.82) is 0 Å². The second-order valence-electron chi connectivity index (χ2n) is 5.79. The van der Waals surface area contributed by atoms with Crippen molar-refractivity contribution in [2.24, 2.45) is 0 Å². The number of thioether (sulfide) groups is 1. The van der Waals surface area contributed by atoms with E-state index in [0.29, 0.717) is 36.3 Å². The number of carboxylic acid groups (broad SMARTS) is 1. The van der Waals surface area contributed by atoms with Crippen LogP contribution in [0.4, 0.5) is 5.69 Å². The molecular weight excluding hydrogens is 441 g/mol. The van der Waals surface area contributed by atoms with Crippen LogP contribution in [-0.4, -0.2) is 27.4 Å². The number of ether oxygens (including phenoxy) is 1. The fourth-order valence-electron chi connectivity index (χ4n) is 2.40. The van der Waals surface area contributed by atoms with Crippen LogP contribution in [0.2, 0.25) is 10.0 Å². The van der Waals surface area contributed by atoms with Crippen LogP contribution in [0.15, 0.2) is 47.4 Å². The summed E-state index contributed by atoms with van der Waals surface area (Å²) >= 11 is 18.5. The summed E-state index contributed by atoms with van der Waals surface area (Å²) in [5.74, 6) is -0.949. The van der Waals surface area contributed by atoms with Crippen molar-refractivity contribution >= 4 is 75.1 Å². The Bertz CT molecular complexity index is 1010. The van der Waals surface area contributed by atoms with E-state index >= 15 is 0 Å². The van der Waals surface area contributed by atoms with Crippen molar-refractivity contribution in [3.8, 4) is 5.75 Å². The molecule has 0 saturated carbocycles. The van der Waals surface area contributed by atoms with E-state index < -0.39 is 12.1 Å². The zero-order valence-electron chi connectivity index (χ0n) is 14.4. The summed E-state index contributed by atoms with van der Waals surface area (Å²) in [6.45, 7) is 1.44. The smallest absolute Gasteiger partial charge is 0.344 e. The summed E-state index contributed by atoms with van der Waals surface area (Å²) in [4.78, 5) is 25.6. The van der Waals surface area contributed by atoms with E-state index in [0.717, 1.165) is 11.8 Å². The van der Waals surface area contributed by atoms with Gasteiger partial charge in [0.15, 0.2) is 10.4 Å². The van der Waals surface area contributed by atoms with Crippen molar-refractivity contribution < 1.29 is 19.4 Å². The number of hydrogen-bond donors (Lipinski definition) is 1. The molecule has 1 aliphatic rings. The first-order chi connectivity index (χ1) is 13.3. The van der Waals surface area contributed by atoms with Gasteiger partial charge in [0.25, 0.3) is 5.91 Å². The summed E-state index contributed by atoms with van der Waals surface area (Å²) in [7, 11) is 0. The van der Waals surface area contributed by atoms with Crippen LogP contribution in [-0.2, 0) is 9.59 Å². The number of carbonyl (C=O) groups is 2. The fourth-order valence-corrected chi connectivity index (χ4v) is 3.99. The van der Waals surface area contributed by atoms with Gasteiger partial charge in [-0.1, -0.05) is 59.3 Å². The highest BCUT2D eigenvalue weighted by Gasteiger charge is 2.33. The second-order valence-corrected chi connectivity index (χ2v) is 8.28. The van der Waals surface area contributed by atoms with Crippen LogP contribution in [0.5, 0.6) is 5.75 Å². The van der Waals surface area contributed by atoms with Gasteiger partial charge >= 0.3 is 5.97 Å². The Kier molecular flexibility index (Phi) is 6.30. The third-order valence-corrected chi connectivity index (χ3v) is 5.81. The SMILES string of the molecule is CC(Oc1cccc(/C=C2/SC(=S)N(c3ccc(Cl)c(Cl)c3)C2=O)c1)C(=O)O. The number of halogens is 2. The normalized spacial score (nSPS) is 16.5. The molecule has 2 aromatic carbocycles. The molecule has 1 unspecified atom stereocenters. The molecule has 2 aromatic rings. The second kappa shape index (κ2) is 8.53. The van der Waals surface area contributed by atoms with Crippen LogP contribution >= 0.6 is 47.2 Å². The maximum atomic E-state index is 12.8. The van der Waals surface area contributed by atoms with Crippen LogP contribution in [0.25, 0.3) is 6.08 Å². The van der Waals surface area contributed by atoms with E-state index in [1.807, 2.05) is 0 Å². The highest BCUT2D eigenvalue weighted by Crippen LogP contribution is 2.38. The average molecular weight is 454 g/mol. The van der Waals surface area contributed by atoms with Crippen molar-refractivity contribution in [2.45, 2.75) is 13.0 Å². The van der Waals surface area contributed by atoms with Crippen LogP contribution < -0.4 is 9.64 Å². The molecule has 0 radical (unpaired) electrons. The lowest BCUT2D eigenvalue weighted by Gasteiger charge is -2.15. The van der Waals surface area contributed by atoms with E-state index in [9.17, 15) is 9.59 Å². The van der Waals surface area contributed by atoms with Crippen molar-refractivity contribution in [1.82, 2.24) is 0 Å². The summed E-state index contributed by atoms with van der Waals surface area (Å²) < 4.78 is 5.74. The van der Waals surface area contributed by atoms with Crippen molar-refractivity contribution in [3.05, 3.63) is 63.0 Å². The van der Waals surface area contributed by atoms with Crippen LogP contribution in [0.3, 0.4) is 0 Å². The summed E-state index contributed by atoms with van der Waals surface area (Å²) in [6, 6.07) is 11.7. The van der Waals surface area contributed by atoms with Gasteiger partial charge in [0.2, 0.25) is 0 Å². The Balaban J connectivity index is 1.85. The van der Waals surface area contributed by atoms with E-state index in [4.69, 9.17) is 45.3 Å². The molecule has 0 aromatic heterocycles. The Morgan fingerprint density at radius 1 is 1.25 bits per heavy atom. The van der Waals surface area contributed by atoms with Gasteiger partial charge in [-0.3, -0.25) is 9.69 Å². The minimum absolute atomic E-state index is 0.279. The number of aliphatic carboxylic acids is 1. The maximum absolute atomic E-state index is 12.8. The Hall–Kier alpha value is -2.06. The number of carboxylic acids is 1. The highest BCUT2D eigenvalue weighted by molar-refractivity contribution is 8.27. The lowest BCUT2D eigenvalue weighted by Crippen LogP contribution is -2.27. The fraction of sp³-hybridized carbons (Fsp3) is 0.105. The molecule has 28 heavy (non-hydrogen) atoms. The third-order valence-electron chi connectivity index (χ3n) is 3.77. The van der Waals surface area contributed by atoms with Gasteiger partial charge in [0, 0.05) is 0 Å². The zero-order valence-corrected chi connectivity index (χ0v) is 17.5. The highest BCUT2D eigenvalue weighted by atomic mass is 35.5. The van der Waals surface area contributed by atoms with E-state index in [-0.39, 0.29) is 5.91 Å². The molecule has 1 heterocycles. The van der Waals surface area contributed by atoms with Gasteiger partial charge in [-0.05, 0) is 48.9 Å². The molecule has 0 aliphatic carbocycles.